The van der Waals surface area contributed by atoms with Gasteiger partial charge in [0.2, 0.25) is 5.91 Å². The largest absolute Gasteiger partial charge is 0.343 e. The van der Waals surface area contributed by atoms with Gasteiger partial charge in [0.05, 0.1) is 0 Å². The SMILES string of the molecule is CCCCC(CC)CC(=O)N1CCC(CNCC)CC1.Cl. The first-order valence-corrected chi connectivity index (χ1v) is 8.69. The van der Waals surface area contributed by atoms with Gasteiger partial charge in [-0.3, -0.25) is 4.79 Å². The van der Waals surface area contributed by atoms with Gasteiger partial charge in [-0.2, -0.15) is 0 Å². The van der Waals surface area contributed by atoms with Crippen LogP contribution in [0.5, 0.6) is 0 Å². The van der Waals surface area contributed by atoms with Crippen LogP contribution in [0.3, 0.4) is 0 Å². The molecule has 0 radical (unpaired) electrons. The third kappa shape index (κ3) is 8.06. The average molecular weight is 319 g/mol. The Morgan fingerprint density at radius 2 is 1.90 bits per heavy atom. The van der Waals surface area contributed by atoms with E-state index < -0.39 is 0 Å². The van der Waals surface area contributed by atoms with Crippen LogP contribution < -0.4 is 5.32 Å². The molecule has 0 bridgehead atoms. The molecule has 1 aliphatic heterocycles. The molecule has 3 nitrogen and oxygen atoms in total. The maximum Gasteiger partial charge on any atom is 0.222 e. The second-order valence-electron chi connectivity index (χ2n) is 6.25. The van der Waals surface area contributed by atoms with E-state index >= 15 is 0 Å². The summed E-state index contributed by atoms with van der Waals surface area (Å²) >= 11 is 0. The lowest BCUT2D eigenvalue weighted by atomic mass is 9.93. The Morgan fingerprint density at radius 3 is 2.43 bits per heavy atom. The lowest BCUT2D eigenvalue weighted by Crippen LogP contribution is -2.41. The predicted molar refractivity (Wildman–Crippen MR) is 93.0 cm³/mol. The molecule has 0 aromatic carbocycles. The van der Waals surface area contributed by atoms with Gasteiger partial charge in [-0.05, 0) is 44.2 Å². The van der Waals surface area contributed by atoms with Crippen LogP contribution in [0.25, 0.3) is 0 Å². The van der Waals surface area contributed by atoms with E-state index in [9.17, 15) is 4.79 Å². The number of piperidine rings is 1. The van der Waals surface area contributed by atoms with Crippen molar-refractivity contribution in [1.82, 2.24) is 10.2 Å². The van der Waals surface area contributed by atoms with Crippen LogP contribution in [0.1, 0.15) is 65.7 Å². The van der Waals surface area contributed by atoms with Crippen molar-refractivity contribution in [3.8, 4) is 0 Å². The van der Waals surface area contributed by atoms with Crippen LogP contribution in [0.15, 0.2) is 0 Å². The number of rotatable bonds is 9. The molecule has 0 spiro atoms. The van der Waals surface area contributed by atoms with E-state index in [4.69, 9.17) is 0 Å². The molecule has 1 amide bonds. The van der Waals surface area contributed by atoms with Gasteiger partial charge in [-0.15, -0.1) is 12.4 Å². The van der Waals surface area contributed by atoms with Crippen molar-refractivity contribution in [1.29, 1.82) is 0 Å². The maximum atomic E-state index is 12.4. The number of nitrogens with zero attached hydrogens (tertiary/aromatic N) is 1. The molecule has 1 saturated heterocycles. The van der Waals surface area contributed by atoms with Crippen molar-refractivity contribution >= 4 is 18.3 Å². The molecule has 1 fully saturated rings. The summed E-state index contributed by atoms with van der Waals surface area (Å²) in [5, 5.41) is 3.42. The van der Waals surface area contributed by atoms with Crippen molar-refractivity contribution in [2.75, 3.05) is 26.2 Å². The van der Waals surface area contributed by atoms with Crippen LogP contribution in [0.2, 0.25) is 0 Å². The zero-order valence-electron chi connectivity index (χ0n) is 14.2. The van der Waals surface area contributed by atoms with Gasteiger partial charge in [0.1, 0.15) is 0 Å². The fraction of sp³-hybridized carbons (Fsp3) is 0.941. The number of likely N-dealkylation sites (tertiary alicyclic amines) is 1. The van der Waals surface area contributed by atoms with Crippen molar-refractivity contribution < 1.29 is 4.79 Å². The minimum absolute atomic E-state index is 0. The summed E-state index contributed by atoms with van der Waals surface area (Å²) in [6, 6.07) is 0. The fourth-order valence-electron chi connectivity index (χ4n) is 3.05. The van der Waals surface area contributed by atoms with Gasteiger partial charge < -0.3 is 10.2 Å². The summed E-state index contributed by atoms with van der Waals surface area (Å²) in [6.07, 6.45) is 7.97. The Morgan fingerprint density at radius 1 is 1.24 bits per heavy atom. The maximum absolute atomic E-state index is 12.4. The monoisotopic (exact) mass is 318 g/mol. The molecule has 0 saturated carbocycles. The molecule has 0 aromatic rings. The molecule has 0 aromatic heterocycles. The molecular formula is C17H35ClN2O. The summed E-state index contributed by atoms with van der Waals surface area (Å²) in [7, 11) is 0. The Bertz CT molecular complexity index is 266. The quantitative estimate of drug-likeness (QED) is 0.700. The van der Waals surface area contributed by atoms with Crippen LogP contribution in [-0.2, 0) is 4.79 Å². The van der Waals surface area contributed by atoms with Gasteiger partial charge >= 0.3 is 0 Å². The molecule has 1 N–H and O–H groups in total. The van der Waals surface area contributed by atoms with Crippen molar-refractivity contribution in [2.45, 2.75) is 65.7 Å². The van der Waals surface area contributed by atoms with Crippen LogP contribution >= 0.6 is 12.4 Å². The fourth-order valence-corrected chi connectivity index (χ4v) is 3.05. The predicted octanol–water partition coefficient (Wildman–Crippen LogP) is 3.86. The molecule has 1 atom stereocenters. The Labute approximate surface area is 137 Å². The highest BCUT2D eigenvalue weighted by Crippen LogP contribution is 2.21. The third-order valence-corrected chi connectivity index (χ3v) is 4.66. The van der Waals surface area contributed by atoms with Crippen molar-refractivity contribution in [3.63, 3.8) is 0 Å². The van der Waals surface area contributed by atoms with Gasteiger partial charge in [0.25, 0.3) is 0 Å². The molecular weight excluding hydrogens is 284 g/mol. The molecule has 126 valence electrons. The zero-order valence-corrected chi connectivity index (χ0v) is 15.0. The molecule has 4 heteroatoms. The van der Waals surface area contributed by atoms with Gasteiger partial charge in [0.15, 0.2) is 0 Å². The number of hydrogen-bond donors (Lipinski definition) is 1. The van der Waals surface area contributed by atoms with E-state index in [0.29, 0.717) is 11.8 Å². The number of amides is 1. The minimum Gasteiger partial charge on any atom is -0.343 e. The second kappa shape index (κ2) is 12.3. The Hall–Kier alpha value is -0.280. The number of unbranched alkanes of at least 4 members (excludes halogenated alkanes) is 1. The highest BCUT2D eigenvalue weighted by atomic mass is 35.5. The average Bonchev–Trinajstić information content (AvgIpc) is 2.49. The van der Waals surface area contributed by atoms with E-state index in [1.807, 2.05) is 0 Å². The number of halogens is 1. The summed E-state index contributed by atoms with van der Waals surface area (Å²) in [6.45, 7) is 10.7. The summed E-state index contributed by atoms with van der Waals surface area (Å²) in [5.74, 6) is 1.76. The van der Waals surface area contributed by atoms with Crippen molar-refractivity contribution in [3.05, 3.63) is 0 Å². The van der Waals surface area contributed by atoms with E-state index in [2.05, 4.69) is 31.0 Å². The first kappa shape index (κ1) is 20.7. The van der Waals surface area contributed by atoms with E-state index in [-0.39, 0.29) is 12.4 Å². The number of carbonyl (C=O) groups is 1. The summed E-state index contributed by atoms with van der Waals surface area (Å²) in [4.78, 5) is 14.5. The smallest absolute Gasteiger partial charge is 0.222 e. The normalized spacial score (nSPS) is 17.4. The Kier molecular flexibility index (Phi) is 12.1. The highest BCUT2D eigenvalue weighted by Gasteiger charge is 2.23. The standard InChI is InChI=1S/C17H34N2O.ClH/c1-4-7-8-15(5-2)13-17(20)19-11-9-16(10-12-19)14-18-6-3;/h15-16,18H,4-14H2,1-3H3;1H. The second-order valence-corrected chi connectivity index (χ2v) is 6.25. The van der Waals surface area contributed by atoms with Crippen molar-refractivity contribution in [2.24, 2.45) is 11.8 Å². The molecule has 1 heterocycles. The van der Waals surface area contributed by atoms with Crippen LogP contribution in [-0.4, -0.2) is 37.0 Å². The minimum atomic E-state index is 0. The highest BCUT2D eigenvalue weighted by molar-refractivity contribution is 5.85. The molecule has 1 unspecified atom stereocenters. The summed E-state index contributed by atoms with van der Waals surface area (Å²) in [5.41, 5.74) is 0. The zero-order chi connectivity index (χ0) is 14.8. The number of nitrogens with one attached hydrogen (secondary N) is 1. The third-order valence-electron chi connectivity index (χ3n) is 4.66. The van der Waals surface area contributed by atoms with Gasteiger partial charge in [-0.1, -0.05) is 40.0 Å². The van der Waals surface area contributed by atoms with E-state index in [0.717, 1.165) is 44.9 Å². The number of hydrogen-bond acceptors (Lipinski definition) is 2. The summed E-state index contributed by atoms with van der Waals surface area (Å²) < 4.78 is 0. The molecule has 0 aliphatic carbocycles. The lowest BCUT2D eigenvalue weighted by molar-refractivity contribution is -0.133. The topological polar surface area (TPSA) is 32.3 Å². The first-order chi connectivity index (χ1) is 9.71. The molecule has 21 heavy (non-hydrogen) atoms. The lowest BCUT2D eigenvalue weighted by Gasteiger charge is -2.33. The number of carbonyl (C=O) groups excluding carboxylic acids is 1. The molecule has 1 rings (SSSR count). The van der Waals surface area contributed by atoms with Crippen LogP contribution in [0.4, 0.5) is 0 Å². The van der Waals surface area contributed by atoms with Crippen LogP contribution in [0, 0.1) is 11.8 Å². The van der Waals surface area contributed by atoms with Gasteiger partial charge in [0, 0.05) is 19.5 Å². The first-order valence-electron chi connectivity index (χ1n) is 8.69. The molecule has 1 aliphatic rings. The Balaban J connectivity index is 0.00000400. The van der Waals surface area contributed by atoms with E-state index in [1.165, 1.54) is 32.1 Å². The van der Waals surface area contributed by atoms with Gasteiger partial charge in [-0.25, -0.2) is 0 Å². The van der Waals surface area contributed by atoms with E-state index in [1.54, 1.807) is 0 Å².